The second-order valence-electron chi connectivity index (χ2n) is 2.58. The molecule has 0 radical (unpaired) electrons. The molecule has 2 N–H and O–H groups in total. The maximum Gasteiger partial charge on any atom is 1.00 e. The third-order valence-electron chi connectivity index (χ3n) is 1.66. The number of rotatable bonds is 1. The van der Waals surface area contributed by atoms with E-state index in [9.17, 15) is 14.7 Å². The zero-order valence-corrected chi connectivity index (χ0v) is 10.2. The van der Waals surface area contributed by atoms with Crippen LogP contribution in [0.4, 0.5) is 0 Å². The average Bonchev–Trinajstić information content (AvgIpc) is 1.99. The van der Waals surface area contributed by atoms with Gasteiger partial charge in [-0.25, -0.2) is 0 Å². The summed E-state index contributed by atoms with van der Waals surface area (Å²) in [5.41, 5.74) is -0.280. The molecule has 66 valence electrons. The fraction of sp³-hybridized carbons (Fsp3) is 0.429. The van der Waals surface area contributed by atoms with Crippen LogP contribution in [0.2, 0.25) is 0 Å². The SMILES string of the molecule is O=C([O-])C1=CC(=O)C(O)C(O)C1.[K+]. The van der Waals surface area contributed by atoms with Crippen LogP contribution >= 0.6 is 0 Å². The van der Waals surface area contributed by atoms with Crippen LogP contribution in [0.15, 0.2) is 11.6 Å². The molecule has 2 atom stereocenters. The monoisotopic (exact) mass is 210 g/mol. The normalized spacial score (nSPS) is 27.5. The van der Waals surface area contributed by atoms with Crippen LogP contribution in [0.3, 0.4) is 0 Å². The van der Waals surface area contributed by atoms with Gasteiger partial charge in [0.1, 0.15) is 6.10 Å². The van der Waals surface area contributed by atoms with Crippen LogP contribution in [-0.2, 0) is 9.59 Å². The predicted octanol–water partition coefficient (Wildman–Crippen LogP) is -5.64. The molecule has 5 nitrogen and oxygen atoms in total. The van der Waals surface area contributed by atoms with Gasteiger partial charge in [-0.05, 0) is 11.6 Å². The van der Waals surface area contributed by atoms with Crippen molar-refractivity contribution in [3.8, 4) is 0 Å². The number of carbonyl (C=O) groups excluding carboxylic acids is 2. The Balaban J connectivity index is 0.00000144. The molecule has 0 fully saturated rings. The number of carboxylic acids is 1. The Kier molecular flexibility index (Phi) is 5.53. The first-order chi connectivity index (χ1) is 5.52. The first kappa shape index (κ1) is 13.4. The number of aliphatic hydroxyl groups excluding tert-OH is 2. The molecule has 0 spiro atoms. The van der Waals surface area contributed by atoms with E-state index in [4.69, 9.17) is 10.2 Å². The van der Waals surface area contributed by atoms with Gasteiger partial charge in [-0.3, -0.25) is 4.79 Å². The average molecular weight is 210 g/mol. The summed E-state index contributed by atoms with van der Waals surface area (Å²) >= 11 is 0. The van der Waals surface area contributed by atoms with Crippen molar-refractivity contribution in [3.05, 3.63) is 11.6 Å². The topological polar surface area (TPSA) is 97.7 Å². The van der Waals surface area contributed by atoms with Gasteiger partial charge in [0.2, 0.25) is 0 Å². The Bertz CT molecular complexity index is 260. The third-order valence-corrected chi connectivity index (χ3v) is 1.66. The van der Waals surface area contributed by atoms with E-state index >= 15 is 0 Å². The summed E-state index contributed by atoms with van der Waals surface area (Å²) in [5.74, 6) is -2.29. The van der Waals surface area contributed by atoms with Gasteiger partial charge in [0.15, 0.2) is 5.78 Å². The van der Waals surface area contributed by atoms with Crippen molar-refractivity contribution in [2.24, 2.45) is 0 Å². The first-order valence-electron chi connectivity index (χ1n) is 3.34. The van der Waals surface area contributed by atoms with Gasteiger partial charge >= 0.3 is 51.4 Å². The fourth-order valence-corrected chi connectivity index (χ4v) is 0.985. The molecule has 6 heteroatoms. The number of hydrogen-bond donors (Lipinski definition) is 2. The minimum absolute atomic E-state index is 0. The minimum Gasteiger partial charge on any atom is -0.545 e. The molecule has 0 aliphatic heterocycles. The molecule has 0 amide bonds. The predicted molar refractivity (Wildman–Crippen MR) is 34.7 cm³/mol. The van der Waals surface area contributed by atoms with Crippen molar-refractivity contribution >= 4 is 11.8 Å². The van der Waals surface area contributed by atoms with Gasteiger partial charge < -0.3 is 20.1 Å². The van der Waals surface area contributed by atoms with E-state index in [-0.39, 0.29) is 63.4 Å². The molecule has 0 aromatic carbocycles. The molecule has 2 unspecified atom stereocenters. The van der Waals surface area contributed by atoms with Crippen molar-refractivity contribution in [1.29, 1.82) is 0 Å². The quantitative estimate of drug-likeness (QED) is 0.420. The molecule has 0 bridgehead atoms. The minimum atomic E-state index is -1.51. The van der Waals surface area contributed by atoms with Gasteiger partial charge in [0.25, 0.3) is 0 Å². The first-order valence-corrected chi connectivity index (χ1v) is 3.34. The Morgan fingerprint density at radius 1 is 1.54 bits per heavy atom. The van der Waals surface area contributed by atoms with Crippen LogP contribution in [0.5, 0.6) is 0 Å². The van der Waals surface area contributed by atoms with E-state index in [0.717, 1.165) is 6.08 Å². The van der Waals surface area contributed by atoms with Gasteiger partial charge in [-0.15, -0.1) is 0 Å². The standard InChI is InChI=1S/C7H8O5.K/c8-4-1-3(7(11)12)2-5(9)6(4)10;/h1,5-6,9-10H,2H2,(H,11,12);/q;+1/p-1. The van der Waals surface area contributed by atoms with Crippen LogP contribution in [-0.4, -0.2) is 34.2 Å². The van der Waals surface area contributed by atoms with E-state index < -0.39 is 24.0 Å². The molecule has 0 saturated heterocycles. The van der Waals surface area contributed by atoms with Crippen molar-refractivity contribution in [2.75, 3.05) is 0 Å². The summed E-state index contributed by atoms with van der Waals surface area (Å²) in [6.07, 6.45) is -2.31. The molecule has 0 aromatic heterocycles. The molecule has 1 aliphatic carbocycles. The molecule has 0 saturated carbocycles. The largest absolute Gasteiger partial charge is 1.00 e. The van der Waals surface area contributed by atoms with Crippen molar-refractivity contribution < 1.29 is 76.3 Å². The van der Waals surface area contributed by atoms with E-state index in [1.54, 1.807) is 0 Å². The molecular formula is C7H7KO5. The summed E-state index contributed by atoms with van der Waals surface area (Å²) in [6, 6.07) is 0. The van der Waals surface area contributed by atoms with Crippen molar-refractivity contribution in [2.45, 2.75) is 18.6 Å². The summed E-state index contributed by atoms with van der Waals surface area (Å²) in [4.78, 5) is 21.0. The maximum absolute atomic E-state index is 10.7. The van der Waals surface area contributed by atoms with Crippen LogP contribution in [0.25, 0.3) is 0 Å². The second kappa shape index (κ2) is 5.35. The van der Waals surface area contributed by atoms with Crippen LogP contribution in [0.1, 0.15) is 6.42 Å². The summed E-state index contributed by atoms with van der Waals surface area (Å²) in [5, 5.41) is 28.1. The van der Waals surface area contributed by atoms with E-state index in [2.05, 4.69) is 0 Å². The van der Waals surface area contributed by atoms with Crippen LogP contribution < -0.4 is 56.5 Å². The number of aliphatic hydroxyl groups is 2. The number of ketones is 1. The molecule has 1 rings (SSSR count). The molecule has 13 heavy (non-hydrogen) atoms. The van der Waals surface area contributed by atoms with E-state index in [1.165, 1.54) is 0 Å². The number of aliphatic carboxylic acids is 1. The van der Waals surface area contributed by atoms with Gasteiger partial charge in [-0.2, -0.15) is 0 Å². The van der Waals surface area contributed by atoms with Crippen LogP contribution in [0, 0.1) is 0 Å². The Hall–Kier alpha value is 0.436. The summed E-state index contributed by atoms with van der Waals surface area (Å²) in [7, 11) is 0. The van der Waals surface area contributed by atoms with Gasteiger partial charge in [-0.1, -0.05) is 0 Å². The maximum atomic E-state index is 10.7. The number of carbonyl (C=O) groups is 2. The zero-order valence-electron chi connectivity index (χ0n) is 7.06. The summed E-state index contributed by atoms with van der Waals surface area (Å²) < 4.78 is 0. The van der Waals surface area contributed by atoms with E-state index in [0.29, 0.717) is 0 Å². The molecule has 1 aliphatic rings. The van der Waals surface area contributed by atoms with Gasteiger partial charge in [0.05, 0.1) is 12.1 Å². The number of carboxylic acid groups (broad SMARTS) is 1. The van der Waals surface area contributed by atoms with Crippen molar-refractivity contribution in [3.63, 3.8) is 0 Å². The fourth-order valence-electron chi connectivity index (χ4n) is 0.985. The molecular weight excluding hydrogens is 203 g/mol. The second-order valence-corrected chi connectivity index (χ2v) is 2.58. The number of hydrogen-bond acceptors (Lipinski definition) is 5. The smallest absolute Gasteiger partial charge is 0.545 e. The molecule has 0 aromatic rings. The third kappa shape index (κ3) is 3.24. The zero-order chi connectivity index (χ0) is 9.30. The van der Waals surface area contributed by atoms with E-state index in [1.807, 2.05) is 0 Å². The Labute approximate surface area is 117 Å². The van der Waals surface area contributed by atoms with Crippen molar-refractivity contribution in [1.82, 2.24) is 0 Å². The Morgan fingerprint density at radius 3 is 2.46 bits per heavy atom. The van der Waals surface area contributed by atoms with Gasteiger partial charge in [0, 0.05) is 6.42 Å². The molecule has 0 heterocycles. The summed E-state index contributed by atoms with van der Waals surface area (Å²) in [6.45, 7) is 0. The Morgan fingerprint density at radius 2 is 2.08 bits per heavy atom.